The predicted molar refractivity (Wildman–Crippen MR) is 103 cm³/mol. The number of imidazole rings is 1. The third kappa shape index (κ3) is 2.88. The zero-order chi connectivity index (χ0) is 18.3. The Labute approximate surface area is 154 Å². The first-order valence-electron chi connectivity index (χ1n) is 8.10. The maximum atomic E-state index is 12.5. The van der Waals surface area contributed by atoms with Gasteiger partial charge in [0.15, 0.2) is 0 Å². The van der Waals surface area contributed by atoms with Crippen molar-refractivity contribution in [2.75, 3.05) is 12.4 Å². The van der Waals surface area contributed by atoms with Crippen LogP contribution in [0.4, 0.5) is 5.95 Å². The van der Waals surface area contributed by atoms with Crippen molar-refractivity contribution < 1.29 is 9.53 Å². The fraction of sp³-hybridized carbons (Fsp3) is 0.158. The molecule has 132 valence electrons. The Morgan fingerprint density at radius 1 is 1.19 bits per heavy atom. The van der Waals surface area contributed by atoms with E-state index in [0.717, 1.165) is 27.7 Å². The number of methoxy groups -OCH3 is 1. The predicted octanol–water partition coefficient (Wildman–Crippen LogP) is 3.83. The van der Waals surface area contributed by atoms with E-state index in [-0.39, 0.29) is 12.5 Å². The maximum Gasteiger partial charge on any atom is 0.246 e. The number of nitrogens with one attached hydrogen (secondary N) is 1. The number of aromatic nitrogens is 3. The Bertz CT molecular complexity index is 1130. The summed E-state index contributed by atoms with van der Waals surface area (Å²) in [6.07, 6.45) is 1.89. The molecule has 4 aromatic rings. The van der Waals surface area contributed by atoms with Crippen LogP contribution in [-0.4, -0.2) is 27.1 Å². The lowest BCUT2D eigenvalue weighted by atomic mass is 10.2. The Hall–Kier alpha value is -2.99. The Kier molecular flexibility index (Phi) is 4.05. The van der Waals surface area contributed by atoms with Crippen molar-refractivity contribution in [3.8, 4) is 5.75 Å². The van der Waals surface area contributed by atoms with Crippen LogP contribution in [0.2, 0.25) is 5.02 Å². The molecule has 0 aliphatic heterocycles. The van der Waals surface area contributed by atoms with E-state index in [1.807, 2.05) is 52.7 Å². The minimum absolute atomic E-state index is 0.150. The van der Waals surface area contributed by atoms with E-state index in [2.05, 4.69) is 10.3 Å². The van der Waals surface area contributed by atoms with Gasteiger partial charge in [-0.25, -0.2) is 4.98 Å². The molecule has 26 heavy (non-hydrogen) atoms. The highest BCUT2D eigenvalue weighted by Crippen LogP contribution is 2.23. The zero-order valence-electron chi connectivity index (χ0n) is 14.4. The summed E-state index contributed by atoms with van der Waals surface area (Å²) in [4.78, 5) is 17.0. The van der Waals surface area contributed by atoms with Crippen molar-refractivity contribution in [3.05, 3.63) is 53.7 Å². The van der Waals surface area contributed by atoms with Gasteiger partial charge in [0.05, 0.1) is 18.1 Å². The number of ether oxygens (including phenoxy) is 1. The smallest absolute Gasteiger partial charge is 0.246 e. The first-order chi connectivity index (χ1) is 12.5. The highest BCUT2D eigenvalue weighted by Gasteiger charge is 2.12. The van der Waals surface area contributed by atoms with Crippen LogP contribution in [0, 0.1) is 0 Å². The first-order valence-corrected chi connectivity index (χ1v) is 8.47. The molecule has 0 radical (unpaired) electrons. The van der Waals surface area contributed by atoms with Gasteiger partial charge < -0.3 is 13.9 Å². The van der Waals surface area contributed by atoms with Crippen LogP contribution < -0.4 is 10.1 Å². The van der Waals surface area contributed by atoms with Crippen LogP contribution in [0.3, 0.4) is 0 Å². The molecule has 4 rings (SSSR count). The van der Waals surface area contributed by atoms with Crippen LogP contribution in [0.25, 0.3) is 21.9 Å². The molecular formula is C19H17ClN4O2. The van der Waals surface area contributed by atoms with Gasteiger partial charge in [0.2, 0.25) is 11.9 Å². The summed E-state index contributed by atoms with van der Waals surface area (Å²) in [6, 6.07) is 13.2. The molecule has 6 nitrogen and oxygen atoms in total. The number of anilines is 1. The van der Waals surface area contributed by atoms with Crippen molar-refractivity contribution in [2.45, 2.75) is 6.54 Å². The Morgan fingerprint density at radius 3 is 2.81 bits per heavy atom. The molecule has 1 N–H and O–H groups in total. The molecule has 0 saturated heterocycles. The monoisotopic (exact) mass is 368 g/mol. The minimum atomic E-state index is -0.150. The first kappa shape index (κ1) is 16.5. The van der Waals surface area contributed by atoms with Gasteiger partial charge in [0.25, 0.3) is 0 Å². The molecule has 2 aromatic heterocycles. The Balaban J connectivity index is 1.57. The standard InChI is InChI=1S/C19H17ClN4O2/c1-23-17-5-3-13(20)10-15(17)21-19(23)22-18(25)11-24-8-7-12-9-14(26-2)4-6-16(12)24/h3-10H,11H2,1-2H3,(H,21,22,25). The van der Waals surface area contributed by atoms with Crippen LogP contribution in [0.1, 0.15) is 0 Å². The summed E-state index contributed by atoms with van der Waals surface area (Å²) in [5.41, 5.74) is 2.62. The number of nitrogens with zero attached hydrogens (tertiary/aromatic N) is 3. The number of fused-ring (bicyclic) bond motifs is 2. The van der Waals surface area contributed by atoms with Crippen LogP contribution in [0.5, 0.6) is 5.75 Å². The highest BCUT2D eigenvalue weighted by atomic mass is 35.5. The number of rotatable bonds is 4. The number of hydrogen-bond acceptors (Lipinski definition) is 3. The normalized spacial score (nSPS) is 11.2. The number of carbonyl (C=O) groups excluding carboxylic acids is 1. The Morgan fingerprint density at radius 2 is 2.00 bits per heavy atom. The fourth-order valence-corrected chi connectivity index (χ4v) is 3.21. The molecule has 1 amide bonds. The van der Waals surface area contributed by atoms with Crippen molar-refractivity contribution >= 4 is 45.4 Å². The number of amides is 1. The summed E-state index contributed by atoms with van der Waals surface area (Å²) < 4.78 is 8.96. The van der Waals surface area contributed by atoms with E-state index in [4.69, 9.17) is 16.3 Å². The number of halogens is 1. The van der Waals surface area contributed by atoms with E-state index in [9.17, 15) is 4.79 Å². The number of hydrogen-bond donors (Lipinski definition) is 1. The van der Waals surface area contributed by atoms with Crippen LogP contribution in [0.15, 0.2) is 48.7 Å². The molecule has 0 aliphatic rings. The molecule has 2 heterocycles. The average molecular weight is 369 g/mol. The lowest BCUT2D eigenvalue weighted by molar-refractivity contribution is -0.116. The molecule has 0 unspecified atom stereocenters. The van der Waals surface area contributed by atoms with E-state index >= 15 is 0 Å². The highest BCUT2D eigenvalue weighted by molar-refractivity contribution is 6.31. The minimum Gasteiger partial charge on any atom is -0.497 e. The molecule has 0 saturated carbocycles. The topological polar surface area (TPSA) is 61.1 Å². The van der Waals surface area contributed by atoms with Gasteiger partial charge in [0.1, 0.15) is 12.3 Å². The van der Waals surface area contributed by atoms with Gasteiger partial charge in [0, 0.05) is 29.2 Å². The number of carbonyl (C=O) groups is 1. The molecule has 0 aliphatic carbocycles. The maximum absolute atomic E-state index is 12.5. The lowest BCUT2D eigenvalue weighted by Crippen LogP contribution is -2.20. The summed E-state index contributed by atoms with van der Waals surface area (Å²) in [7, 11) is 3.49. The average Bonchev–Trinajstić information content (AvgIpc) is 3.15. The summed E-state index contributed by atoms with van der Waals surface area (Å²) in [6.45, 7) is 0.194. The van der Waals surface area contributed by atoms with Crippen molar-refractivity contribution in [1.82, 2.24) is 14.1 Å². The second kappa shape index (κ2) is 6.38. The van der Waals surface area contributed by atoms with Gasteiger partial charge in [-0.2, -0.15) is 0 Å². The van der Waals surface area contributed by atoms with Crippen molar-refractivity contribution in [3.63, 3.8) is 0 Å². The lowest BCUT2D eigenvalue weighted by Gasteiger charge is -2.08. The van der Waals surface area contributed by atoms with Crippen LogP contribution in [-0.2, 0) is 18.4 Å². The second-order valence-corrected chi connectivity index (χ2v) is 6.48. The molecule has 0 bridgehead atoms. The number of aryl methyl sites for hydroxylation is 1. The zero-order valence-corrected chi connectivity index (χ0v) is 15.1. The van der Waals surface area contributed by atoms with Gasteiger partial charge in [-0.3, -0.25) is 10.1 Å². The quantitative estimate of drug-likeness (QED) is 0.595. The SMILES string of the molecule is COc1ccc2c(ccn2CC(=O)Nc2nc3cc(Cl)ccc3n2C)c1. The molecular weight excluding hydrogens is 352 g/mol. The molecule has 0 spiro atoms. The molecule has 2 aromatic carbocycles. The van der Waals surface area contributed by atoms with Gasteiger partial charge in [-0.05, 0) is 42.5 Å². The molecule has 0 fully saturated rings. The largest absolute Gasteiger partial charge is 0.497 e. The summed E-state index contributed by atoms with van der Waals surface area (Å²) in [5.74, 6) is 1.13. The summed E-state index contributed by atoms with van der Waals surface area (Å²) >= 11 is 6.01. The van der Waals surface area contributed by atoms with Gasteiger partial charge in [-0.15, -0.1) is 0 Å². The number of benzene rings is 2. The second-order valence-electron chi connectivity index (χ2n) is 6.04. The van der Waals surface area contributed by atoms with Crippen molar-refractivity contribution in [1.29, 1.82) is 0 Å². The molecule has 7 heteroatoms. The fourth-order valence-electron chi connectivity index (χ4n) is 3.05. The molecule has 0 atom stereocenters. The van der Waals surface area contributed by atoms with Gasteiger partial charge in [-0.1, -0.05) is 11.6 Å². The third-order valence-electron chi connectivity index (χ3n) is 4.39. The van der Waals surface area contributed by atoms with E-state index in [1.54, 1.807) is 19.2 Å². The van der Waals surface area contributed by atoms with Crippen LogP contribution >= 0.6 is 11.6 Å². The van der Waals surface area contributed by atoms with Gasteiger partial charge >= 0.3 is 0 Å². The third-order valence-corrected chi connectivity index (χ3v) is 4.62. The van der Waals surface area contributed by atoms with E-state index in [0.29, 0.717) is 11.0 Å². The van der Waals surface area contributed by atoms with Crippen molar-refractivity contribution in [2.24, 2.45) is 7.05 Å². The summed E-state index contributed by atoms with van der Waals surface area (Å²) in [5, 5.41) is 4.51. The van der Waals surface area contributed by atoms with E-state index in [1.165, 1.54) is 0 Å². The van der Waals surface area contributed by atoms with E-state index < -0.39 is 0 Å².